The Morgan fingerprint density at radius 1 is 1.19 bits per heavy atom. The van der Waals surface area contributed by atoms with Crippen molar-refractivity contribution in [3.8, 4) is 11.8 Å². The van der Waals surface area contributed by atoms with E-state index in [1.54, 1.807) is 0 Å². The van der Waals surface area contributed by atoms with E-state index < -0.39 is 0 Å². The zero-order valence-corrected chi connectivity index (χ0v) is 13.5. The van der Waals surface area contributed by atoms with Gasteiger partial charge in [0.25, 0.3) is 0 Å². The van der Waals surface area contributed by atoms with E-state index >= 15 is 0 Å². The second kappa shape index (κ2) is 7.70. The van der Waals surface area contributed by atoms with Crippen molar-refractivity contribution in [3.63, 3.8) is 0 Å². The lowest BCUT2D eigenvalue weighted by atomic mass is 10.1. The zero-order valence-electron chi connectivity index (χ0n) is 11.9. The van der Waals surface area contributed by atoms with Gasteiger partial charge in [0.05, 0.1) is 17.9 Å². The van der Waals surface area contributed by atoms with E-state index in [0.717, 1.165) is 34.5 Å². The first kappa shape index (κ1) is 15.4. The Labute approximate surface area is 133 Å². The van der Waals surface area contributed by atoms with E-state index in [-0.39, 0.29) is 0 Å². The molecular weight excluding hydrogens is 328 g/mol. The van der Waals surface area contributed by atoms with E-state index in [9.17, 15) is 0 Å². The molecule has 3 nitrogen and oxygen atoms in total. The van der Waals surface area contributed by atoms with Crippen LogP contribution in [0.25, 0.3) is 0 Å². The first-order valence-electron chi connectivity index (χ1n) is 6.88. The van der Waals surface area contributed by atoms with Crippen molar-refractivity contribution < 1.29 is 4.74 Å². The molecule has 0 heterocycles. The minimum atomic E-state index is 0.632. The Bertz CT molecular complexity index is 632. The summed E-state index contributed by atoms with van der Waals surface area (Å²) in [7, 11) is 0. The van der Waals surface area contributed by atoms with Crippen molar-refractivity contribution in [2.24, 2.45) is 0 Å². The Hall–Kier alpha value is -1.99. The van der Waals surface area contributed by atoms with Crippen molar-refractivity contribution in [2.75, 3.05) is 11.9 Å². The first-order chi connectivity index (χ1) is 10.2. The summed E-state index contributed by atoms with van der Waals surface area (Å²) in [4.78, 5) is 0. The molecule has 0 bridgehead atoms. The van der Waals surface area contributed by atoms with E-state index in [1.807, 2.05) is 42.5 Å². The van der Waals surface area contributed by atoms with E-state index in [1.165, 1.54) is 0 Å². The highest BCUT2D eigenvalue weighted by molar-refractivity contribution is 9.10. The molecule has 0 saturated heterocycles. The average Bonchev–Trinajstić information content (AvgIpc) is 2.52. The quantitative estimate of drug-likeness (QED) is 0.824. The fraction of sp³-hybridized carbons (Fsp3) is 0.235. The first-order valence-corrected chi connectivity index (χ1v) is 7.67. The number of hydrogen-bond acceptors (Lipinski definition) is 3. The molecule has 2 rings (SSSR count). The van der Waals surface area contributed by atoms with Crippen molar-refractivity contribution in [1.82, 2.24) is 0 Å². The molecule has 0 unspecified atom stereocenters. The van der Waals surface area contributed by atoms with Crippen LogP contribution in [0.15, 0.2) is 46.9 Å². The molecule has 0 saturated carbocycles. The van der Waals surface area contributed by atoms with Crippen LogP contribution in [0, 0.1) is 11.3 Å². The van der Waals surface area contributed by atoms with Crippen LogP contribution < -0.4 is 10.1 Å². The number of nitrogens with zero attached hydrogens (tertiary/aromatic N) is 1. The number of nitrogens with one attached hydrogen (secondary N) is 1. The molecule has 21 heavy (non-hydrogen) atoms. The van der Waals surface area contributed by atoms with Crippen LogP contribution in [-0.2, 0) is 6.54 Å². The van der Waals surface area contributed by atoms with Crippen LogP contribution in [-0.4, -0.2) is 6.61 Å². The topological polar surface area (TPSA) is 45.0 Å². The van der Waals surface area contributed by atoms with Crippen molar-refractivity contribution in [1.29, 1.82) is 5.26 Å². The Morgan fingerprint density at radius 2 is 1.95 bits per heavy atom. The number of benzene rings is 2. The van der Waals surface area contributed by atoms with Gasteiger partial charge in [-0.3, -0.25) is 0 Å². The van der Waals surface area contributed by atoms with Crippen LogP contribution >= 0.6 is 15.9 Å². The van der Waals surface area contributed by atoms with Gasteiger partial charge in [-0.1, -0.05) is 35.0 Å². The molecule has 0 radical (unpaired) electrons. The third-order valence-corrected chi connectivity index (χ3v) is 3.47. The maximum absolute atomic E-state index is 9.13. The van der Waals surface area contributed by atoms with Gasteiger partial charge in [0.2, 0.25) is 0 Å². The van der Waals surface area contributed by atoms with Crippen LogP contribution in [0.4, 0.5) is 5.69 Å². The van der Waals surface area contributed by atoms with Gasteiger partial charge in [-0.25, -0.2) is 0 Å². The van der Waals surface area contributed by atoms with Crippen molar-refractivity contribution in [2.45, 2.75) is 19.9 Å². The standard InChI is InChI=1S/C17H17BrN2O/c1-2-9-21-16-6-3-13(4-7-16)12-20-17-8-5-15(18)10-14(17)11-19/h3-8,10,20H,2,9,12H2,1H3. The monoisotopic (exact) mass is 344 g/mol. The molecule has 0 fully saturated rings. The molecule has 2 aromatic carbocycles. The molecule has 0 aliphatic heterocycles. The van der Waals surface area contributed by atoms with E-state index in [0.29, 0.717) is 12.1 Å². The predicted octanol–water partition coefficient (Wildman–Crippen LogP) is 4.72. The third kappa shape index (κ3) is 4.51. The molecule has 1 N–H and O–H groups in total. The number of nitriles is 1. The summed E-state index contributed by atoms with van der Waals surface area (Å²) < 4.78 is 6.46. The SMILES string of the molecule is CCCOc1ccc(CNc2ccc(Br)cc2C#N)cc1. The second-order valence-corrected chi connectivity index (χ2v) is 5.56. The highest BCUT2D eigenvalue weighted by atomic mass is 79.9. The maximum atomic E-state index is 9.13. The Morgan fingerprint density at radius 3 is 2.62 bits per heavy atom. The number of ether oxygens (including phenoxy) is 1. The van der Waals surface area contributed by atoms with Crippen LogP contribution in [0.3, 0.4) is 0 Å². The van der Waals surface area contributed by atoms with Crippen LogP contribution in [0.1, 0.15) is 24.5 Å². The summed E-state index contributed by atoms with van der Waals surface area (Å²) in [5.41, 5.74) is 2.62. The molecule has 0 aromatic heterocycles. The second-order valence-electron chi connectivity index (χ2n) is 4.65. The lowest BCUT2D eigenvalue weighted by molar-refractivity contribution is 0.317. The third-order valence-electron chi connectivity index (χ3n) is 2.98. The van der Waals surface area contributed by atoms with E-state index in [2.05, 4.69) is 34.2 Å². The average molecular weight is 345 g/mol. The van der Waals surface area contributed by atoms with Gasteiger partial charge in [0, 0.05) is 11.0 Å². The normalized spacial score (nSPS) is 9.95. The summed E-state index contributed by atoms with van der Waals surface area (Å²) in [5.74, 6) is 0.891. The minimum Gasteiger partial charge on any atom is -0.494 e. The highest BCUT2D eigenvalue weighted by Crippen LogP contribution is 2.21. The number of hydrogen-bond donors (Lipinski definition) is 1. The molecule has 2 aromatic rings. The molecule has 0 atom stereocenters. The molecule has 4 heteroatoms. The summed E-state index contributed by atoms with van der Waals surface area (Å²) in [6, 6.07) is 15.8. The summed E-state index contributed by atoms with van der Waals surface area (Å²) in [6.07, 6.45) is 1.00. The summed E-state index contributed by atoms with van der Waals surface area (Å²) >= 11 is 3.37. The fourth-order valence-electron chi connectivity index (χ4n) is 1.88. The van der Waals surface area contributed by atoms with Crippen molar-refractivity contribution in [3.05, 3.63) is 58.1 Å². The molecule has 108 valence electrons. The van der Waals surface area contributed by atoms with Gasteiger partial charge >= 0.3 is 0 Å². The summed E-state index contributed by atoms with van der Waals surface area (Å²) in [5, 5.41) is 12.4. The minimum absolute atomic E-state index is 0.632. The molecule has 0 aliphatic rings. The molecule has 0 aliphatic carbocycles. The van der Waals surface area contributed by atoms with Crippen molar-refractivity contribution >= 4 is 21.6 Å². The molecule has 0 spiro atoms. The molecular formula is C17H17BrN2O. The lowest BCUT2D eigenvalue weighted by Gasteiger charge is -2.10. The lowest BCUT2D eigenvalue weighted by Crippen LogP contribution is -2.01. The van der Waals surface area contributed by atoms with Gasteiger partial charge in [-0.05, 0) is 42.3 Å². The Kier molecular flexibility index (Phi) is 5.65. The maximum Gasteiger partial charge on any atom is 0.119 e. The number of anilines is 1. The van der Waals surface area contributed by atoms with Crippen LogP contribution in [0.5, 0.6) is 5.75 Å². The fourth-order valence-corrected chi connectivity index (χ4v) is 2.24. The van der Waals surface area contributed by atoms with E-state index in [4.69, 9.17) is 10.00 Å². The molecule has 0 amide bonds. The van der Waals surface area contributed by atoms with Gasteiger partial charge in [-0.2, -0.15) is 5.26 Å². The Balaban J connectivity index is 1.98. The number of halogens is 1. The van der Waals surface area contributed by atoms with Gasteiger partial charge in [0.1, 0.15) is 11.8 Å². The summed E-state index contributed by atoms with van der Waals surface area (Å²) in [6.45, 7) is 3.50. The largest absolute Gasteiger partial charge is 0.494 e. The van der Waals surface area contributed by atoms with Gasteiger partial charge in [-0.15, -0.1) is 0 Å². The van der Waals surface area contributed by atoms with Gasteiger partial charge in [0.15, 0.2) is 0 Å². The number of rotatable bonds is 6. The van der Waals surface area contributed by atoms with Crippen LogP contribution in [0.2, 0.25) is 0 Å². The van der Waals surface area contributed by atoms with Gasteiger partial charge < -0.3 is 10.1 Å². The highest BCUT2D eigenvalue weighted by Gasteiger charge is 2.02. The predicted molar refractivity (Wildman–Crippen MR) is 88.4 cm³/mol. The zero-order chi connectivity index (χ0) is 15.1. The smallest absolute Gasteiger partial charge is 0.119 e.